The molecule has 0 bridgehead atoms. The number of carbonyl (C=O) groups excluding carboxylic acids is 3. The molecule has 4 atom stereocenters. The first kappa shape index (κ1) is 31.9. The van der Waals surface area contributed by atoms with Gasteiger partial charge in [0.1, 0.15) is 18.1 Å². The molecule has 1 aromatic heterocycles. The fourth-order valence-electron chi connectivity index (χ4n) is 3.79. The van der Waals surface area contributed by atoms with Crippen LogP contribution in [0.15, 0.2) is 35.5 Å². The zero-order valence-corrected chi connectivity index (χ0v) is 22.4. The van der Waals surface area contributed by atoms with Gasteiger partial charge in [0.25, 0.3) is 0 Å². The van der Waals surface area contributed by atoms with Crippen LogP contribution >= 0.6 is 12.6 Å². The summed E-state index contributed by atoms with van der Waals surface area (Å²) in [6.45, 7) is 0.130. The quantitative estimate of drug-likeness (QED) is 0.0454. The third-order valence-electron chi connectivity index (χ3n) is 5.84. The molecule has 2 aromatic rings. The number of benzene rings is 1. The van der Waals surface area contributed by atoms with Crippen molar-refractivity contribution in [3.8, 4) is 0 Å². The first-order chi connectivity index (χ1) is 18.9. The third-order valence-corrected chi connectivity index (χ3v) is 6.20. The number of nitrogens with two attached hydrogens (primary N) is 3. The fraction of sp³-hybridized carbons (Fsp3) is 0.417. The maximum atomic E-state index is 13.4. The standard InChI is InChI=1S/C24H34N8O7S/c25-14(9-19(33)34)20(35)30-16(6-3-7-28-24(26)27)21(36)31-17(22(37)32-18(11-40)23(38)39)8-12-10-29-15-5-2-1-4-13(12)15/h1-2,4-5,10,14,16-18,29,40H,3,6-9,11,25H2,(H,30,35)(H,31,36)(H,32,37)(H,33,34)(H,38,39)(H4,26,27,28). The van der Waals surface area contributed by atoms with E-state index < -0.39 is 60.2 Å². The largest absolute Gasteiger partial charge is 0.481 e. The van der Waals surface area contributed by atoms with Crippen LogP contribution in [0.1, 0.15) is 24.8 Å². The number of carboxylic acid groups (broad SMARTS) is 2. The molecule has 0 saturated carbocycles. The van der Waals surface area contributed by atoms with Gasteiger partial charge in [-0.15, -0.1) is 0 Å². The van der Waals surface area contributed by atoms with E-state index in [0.29, 0.717) is 5.56 Å². The summed E-state index contributed by atoms with van der Waals surface area (Å²) >= 11 is 3.96. The van der Waals surface area contributed by atoms with Crippen LogP contribution in [0, 0.1) is 0 Å². The van der Waals surface area contributed by atoms with Crippen LogP contribution in [0.2, 0.25) is 0 Å². The maximum Gasteiger partial charge on any atom is 0.327 e. The molecule has 0 aliphatic rings. The number of hydrogen-bond donors (Lipinski definition) is 10. The fourth-order valence-corrected chi connectivity index (χ4v) is 4.04. The van der Waals surface area contributed by atoms with Gasteiger partial charge in [0.2, 0.25) is 17.7 Å². The van der Waals surface area contributed by atoms with Crippen molar-refractivity contribution in [2.75, 3.05) is 12.3 Å². The number of aromatic amines is 1. The molecule has 0 radical (unpaired) electrons. The number of nitrogens with one attached hydrogen (secondary N) is 4. The van der Waals surface area contributed by atoms with E-state index >= 15 is 0 Å². The molecular formula is C24H34N8O7S. The van der Waals surface area contributed by atoms with Crippen LogP contribution in [0.4, 0.5) is 0 Å². The van der Waals surface area contributed by atoms with Gasteiger partial charge < -0.3 is 48.3 Å². The normalized spacial score (nSPS) is 13.8. The first-order valence-corrected chi connectivity index (χ1v) is 12.9. The van der Waals surface area contributed by atoms with E-state index in [1.54, 1.807) is 12.3 Å². The Kier molecular flexibility index (Phi) is 12.2. The summed E-state index contributed by atoms with van der Waals surface area (Å²) in [6, 6.07) is 2.04. The molecule has 0 saturated heterocycles. The number of para-hydroxylation sites is 1. The summed E-state index contributed by atoms with van der Waals surface area (Å²) in [7, 11) is 0. The number of aliphatic carboxylic acids is 2. The van der Waals surface area contributed by atoms with Gasteiger partial charge in [0.05, 0.1) is 12.5 Å². The number of hydrogen-bond acceptors (Lipinski definition) is 8. The number of aliphatic imine (C=N–C) groups is 1. The Morgan fingerprint density at radius 1 is 0.950 bits per heavy atom. The second-order valence-corrected chi connectivity index (χ2v) is 9.29. The van der Waals surface area contributed by atoms with Crippen molar-refractivity contribution in [3.05, 3.63) is 36.0 Å². The van der Waals surface area contributed by atoms with E-state index in [1.165, 1.54) is 0 Å². The van der Waals surface area contributed by atoms with Crippen molar-refractivity contribution < 1.29 is 34.2 Å². The van der Waals surface area contributed by atoms with E-state index in [2.05, 4.69) is 38.6 Å². The summed E-state index contributed by atoms with van der Waals surface area (Å²) in [4.78, 5) is 68.4. The first-order valence-electron chi connectivity index (χ1n) is 12.3. The number of carbonyl (C=O) groups is 5. The van der Waals surface area contributed by atoms with Gasteiger partial charge in [0, 0.05) is 35.8 Å². The number of rotatable bonds is 16. The minimum Gasteiger partial charge on any atom is -0.481 e. The Labute approximate surface area is 234 Å². The lowest BCUT2D eigenvalue weighted by Gasteiger charge is -2.25. The van der Waals surface area contributed by atoms with Crippen LogP contribution in [0.25, 0.3) is 10.9 Å². The van der Waals surface area contributed by atoms with Crippen molar-refractivity contribution in [2.24, 2.45) is 22.2 Å². The topological polar surface area (TPSA) is 268 Å². The molecule has 0 aliphatic carbocycles. The second kappa shape index (κ2) is 15.3. The summed E-state index contributed by atoms with van der Waals surface area (Å²) < 4.78 is 0. The van der Waals surface area contributed by atoms with Gasteiger partial charge in [-0.1, -0.05) is 18.2 Å². The Morgan fingerprint density at radius 2 is 1.57 bits per heavy atom. The van der Waals surface area contributed by atoms with Crippen molar-refractivity contribution in [3.63, 3.8) is 0 Å². The van der Waals surface area contributed by atoms with Crippen LogP contribution in [0.3, 0.4) is 0 Å². The van der Waals surface area contributed by atoms with Gasteiger partial charge in [-0.3, -0.25) is 24.2 Å². The Balaban J connectivity index is 2.31. The van der Waals surface area contributed by atoms with Crippen molar-refractivity contribution in [1.29, 1.82) is 0 Å². The molecule has 1 aromatic carbocycles. The predicted octanol–water partition coefficient (Wildman–Crippen LogP) is -1.97. The highest BCUT2D eigenvalue weighted by Gasteiger charge is 2.31. The zero-order valence-electron chi connectivity index (χ0n) is 21.5. The number of amides is 3. The molecule has 4 unspecified atom stereocenters. The van der Waals surface area contributed by atoms with E-state index in [0.717, 1.165) is 10.9 Å². The number of thiol groups is 1. The molecule has 2 rings (SSSR count). The maximum absolute atomic E-state index is 13.4. The number of nitrogens with zero attached hydrogens (tertiary/aromatic N) is 1. The molecule has 3 amide bonds. The average Bonchev–Trinajstić information content (AvgIpc) is 3.30. The van der Waals surface area contributed by atoms with Gasteiger partial charge in [0.15, 0.2) is 5.96 Å². The van der Waals surface area contributed by atoms with Crippen LogP contribution in [-0.4, -0.2) is 87.3 Å². The minimum atomic E-state index is -1.43. The highest BCUT2D eigenvalue weighted by molar-refractivity contribution is 7.80. The molecule has 1 heterocycles. The molecule has 0 aliphatic heterocycles. The Hall–Kier alpha value is -4.31. The monoisotopic (exact) mass is 578 g/mol. The molecular weight excluding hydrogens is 544 g/mol. The number of aromatic nitrogens is 1. The summed E-state index contributed by atoms with van der Waals surface area (Å²) in [5.74, 6) is -5.42. The Bertz CT molecular complexity index is 1250. The van der Waals surface area contributed by atoms with Crippen molar-refractivity contribution in [1.82, 2.24) is 20.9 Å². The minimum absolute atomic E-state index is 0.0178. The molecule has 16 heteroatoms. The molecule has 218 valence electrons. The summed E-state index contributed by atoms with van der Waals surface area (Å²) in [5.41, 5.74) is 17.8. The van der Waals surface area contributed by atoms with Gasteiger partial charge in [-0.25, -0.2) is 4.79 Å². The summed E-state index contributed by atoms with van der Waals surface area (Å²) in [5, 5.41) is 26.5. The molecule has 0 fully saturated rings. The van der Waals surface area contributed by atoms with E-state index in [4.69, 9.17) is 22.3 Å². The van der Waals surface area contributed by atoms with Gasteiger partial charge >= 0.3 is 11.9 Å². The predicted molar refractivity (Wildman–Crippen MR) is 149 cm³/mol. The number of carboxylic acids is 2. The summed E-state index contributed by atoms with van der Waals surface area (Å²) in [6.07, 6.45) is 1.24. The van der Waals surface area contributed by atoms with Crippen LogP contribution < -0.4 is 33.2 Å². The van der Waals surface area contributed by atoms with Crippen LogP contribution in [-0.2, 0) is 30.4 Å². The SMILES string of the molecule is NC(N)=NCCCC(NC(=O)C(N)CC(=O)O)C(=O)NC(Cc1c[nH]c2ccccc12)C(=O)NC(CS)C(=O)O. The molecule has 15 nitrogen and oxygen atoms in total. The van der Waals surface area contributed by atoms with Crippen molar-refractivity contribution in [2.45, 2.75) is 49.9 Å². The number of H-pyrrole nitrogens is 1. The lowest BCUT2D eigenvalue weighted by Crippen LogP contribution is -2.58. The van der Waals surface area contributed by atoms with Crippen LogP contribution in [0.5, 0.6) is 0 Å². The van der Waals surface area contributed by atoms with E-state index in [9.17, 15) is 29.1 Å². The average molecular weight is 579 g/mol. The zero-order chi connectivity index (χ0) is 29.8. The molecule has 40 heavy (non-hydrogen) atoms. The highest BCUT2D eigenvalue weighted by Crippen LogP contribution is 2.19. The lowest BCUT2D eigenvalue weighted by atomic mass is 10.0. The third kappa shape index (κ3) is 9.77. The van der Waals surface area contributed by atoms with Gasteiger partial charge in [-0.05, 0) is 24.5 Å². The van der Waals surface area contributed by atoms with Crippen molar-refractivity contribution >= 4 is 59.2 Å². The molecule has 12 N–H and O–H groups in total. The molecule has 0 spiro atoms. The smallest absolute Gasteiger partial charge is 0.327 e. The highest BCUT2D eigenvalue weighted by atomic mass is 32.1. The lowest BCUT2D eigenvalue weighted by molar-refractivity contribution is -0.141. The second-order valence-electron chi connectivity index (χ2n) is 8.92. The number of fused-ring (bicyclic) bond motifs is 1. The van der Waals surface area contributed by atoms with Gasteiger partial charge in [-0.2, -0.15) is 12.6 Å². The van der Waals surface area contributed by atoms with E-state index in [-0.39, 0.29) is 37.5 Å². The number of guanidine groups is 1. The Morgan fingerprint density at radius 3 is 2.20 bits per heavy atom. The van der Waals surface area contributed by atoms with E-state index in [1.807, 2.05) is 18.2 Å².